The van der Waals surface area contributed by atoms with Gasteiger partial charge in [-0.1, -0.05) is 26.8 Å². The third-order valence-electron chi connectivity index (χ3n) is 7.81. The van der Waals surface area contributed by atoms with Gasteiger partial charge in [-0.2, -0.15) is 13.2 Å². The number of hydrogen-bond donors (Lipinski definition) is 1. The molecule has 37 heavy (non-hydrogen) atoms. The third-order valence-corrected chi connectivity index (χ3v) is 7.81. The molecule has 0 radical (unpaired) electrons. The molecule has 0 aromatic carbocycles. The van der Waals surface area contributed by atoms with Gasteiger partial charge in [0.2, 0.25) is 0 Å². The number of carbonyl (C=O) groups excluding carboxylic acids is 1. The lowest BCUT2D eigenvalue weighted by molar-refractivity contribution is -0.138. The SMILES string of the molecule is C.CCNc1ncccc1C(C)c1nc(N2CCC(C(C)=O)(N3CCCCC3)CC2)ccc1C(F)(F)F. The fraction of sp³-hybridized carbons (Fsp3) is 0.607. The average molecular weight is 520 g/mol. The third kappa shape index (κ3) is 5.92. The van der Waals surface area contributed by atoms with Crippen LogP contribution in [-0.2, 0) is 11.0 Å². The van der Waals surface area contributed by atoms with E-state index < -0.39 is 23.2 Å². The monoisotopic (exact) mass is 519 g/mol. The van der Waals surface area contributed by atoms with Gasteiger partial charge in [-0.25, -0.2) is 9.97 Å². The first-order valence-corrected chi connectivity index (χ1v) is 13.0. The van der Waals surface area contributed by atoms with E-state index in [0.29, 0.717) is 49.7 Å². The van der Waals surface area contributed by atoms with Crippen LogP contribution in [0.4, 0.5) is 24.8 Å². The van der Waals surface area contributed by atoms with Crippen molar-refractivity contribution in [3.05, 3.63) is 47.3 Å². The summed E-state index contributed by atoms with van der Waals surface area (Å²) in [6, 6.07) is 6.14. The second kappa shape index (κ2) is 11.8. The van der Waals surface area contributed by atoms with Gasteiger partial charge in [0.05, 0.1) is 16.8 Å². The van der Waals surface area contributed by atoms with E-state index in [1.165, 1.54) is 12.5 Å². The maximum atomic E-state index is 14.0. The molecule has 2 aliphatic rings. The number of anilines is 2. The molecule has 4 rings (SSSR count). The number of Topliss-reactive ketones (excluding diaryl/α,β-unsaturated/α-hetero) is 1. The van der Waals surface area contributed by atoms with Gasteiger partial charge >= 0.3 is 6.18 Å². The van der Waals surface area contributed by atoms with Crippen molar-refractivity contribution in [2.45, 2.75) is 77.9 Å². The molecular weight excluding hydrogens is 479 g/mol. The predicted molar refractivity (Wildman–Crippen MR) is 142 cm³/mol. The van der Waals surface area contributed by atoms with E-state index in [1.807, 2.05) is 11.8 Å². The topological polar surface area (TPSA) is 61.4 Å². The van der Waals surface area contributed by atoms with Crippen LogP contribution in [0.25, 0.3) is 0 Å². The fourth-order valence-corrected chi connectivity index (χ4v) is 5.76. The zero-order chi connectivity index (χ0) is 25.9. The lowest BCUT2D eigenvalue weighted by Gasteiger charge is -2.49. The lowest BCUT2D eigenvalue weighted by Crippen LogP contribution is -2.60. The zero-order valence-electron chi connectivity index (χ0n) is 21.4. The van der Waals surface area contributed by atoms with Crippen LogP contribution in [0, 0.1) is 0 Å². The van der Waals surface area contributed by atoms with Crippen LogP contribution in [-0.4, -0.2) is 58.9 Å². The summed E-state index contributed by atoms with van der Waals surface area (Å²) in [4.78, 5) is 26.1. The zero-order valence-corrected chi connectivity index (χ0v) is 21.4. The molecule has 0 bridgehead atoms. The quantitative estimate of drug-likeness (QED) is 0.475. The highest BCUT2D eigenvalue weighted by molar-refractivity contribution is 5.86. The van der Waals surface area contributed by atoms with Crippen LogP contribution in [0.2, 0.25) is 0 Å². The van der Waals surface area contributed by atoms with Crippen molar-refractivity contribution in [1.29, 1.82) is 0 Å². The molecule has 9 heteroatoms. The number of pyridine rings is 2. The molecule has 1 unspecified atom stereocenters. The van der Waals surface area contributed by atoms with Gasteiger partial charge in [-0.15, -0.1) is 0 Å². The molecule has 2 fully saturated rings. The Morgan fingerprint density at radius 2 is 1.78 bits per heavy atom. The summed E-state index contributed by atoms with van der Waals surface area (Å²) in [5.74, 6) is 0.665. The first kappa shape index (κ1) is 28.9. The number of piperidine rings is 2. The summed E-state index contributed by atoms with van der Waals surface area (Å²) < 4.78 is 42.0. The number of hydrogen-bond acceptors (Lipinski definition) is 6. The molecule has 0 aliphatic carbocycles. The first-order valence-electron chi connectivity index (χ1n) is 13.0. The molecule has 2 aliphatic heterocycles. The Morgan fingerprint density at radius 1 is 1.11 bits per heavy atom. The summed E-state index contributed by atoms with van der Waals surface area (Å²) >= 11 is 0. The first-order chi connectivity index (χ1) is 17.2. The molecule has 6 nitrogen and oxygen atoms in total. The van der Waals surface area contributed by atoms with Crippen molar-refractivity contribution < 1.29 is 18.0 Å². The van der Waals surface area contributed by atoms with Crippen LogP contribution in [0.15, 0.2) is 30.5 Å². The minimum absolute atomic E-state index is 0. The number of ketones is 1. The van der Waals surface area contributed by atoms with Crippen molar-refractivity contribution in [2.24, 2.45) is 0 Å². The molecule has 0 amide bonds. The largest absolute Gasteiger partial charge is 0.418 e. The Kier molecular flexibility index (Phi) is 9.21. The molecule has 1 atom stereocenters. The Hall–Kier alpha value is -2.68. The number of alkyl halides is 3. The van der Waals surface area contributed by atoms with Crippen molar-refractivity contribution >= 4 is 17.4 Å². The van der Waals surface area contributed by atoms with Gasteiger partial charge in [0, 0.05) is 37.3 Å². The summed E-state index contributed by atoms with van der Waals surface area (Å²) in [6.45, 7) is 8.97. The summed E-state index contributed by atoms with van der Waals surface area (Å²) in [7, 11) is 0. The van der Waals surface area contributed by atoms with Crippen molar-refractivity contribution in [3.8, 4) is 0 Å². The van der Waals surface area contributed by atoms with E-state index >= 15 is 0 Å². The van der Waals surface area contributed by atoms with Gasteiger partial charge in [-0.05, 0) is 70.8 Å². The molecule has 2 aromatic heterocycles. The van der Waals surface area contributed by atoms with E-state index in [2.05, 4.69) is 20.2 Å². The van der Waals surface area contributed by atoms with Crippen LogP contribution in [0.5, 0.6) is 0 Å². The maximum Gasteiger partial charge on any atom is 0.418 e. The Labute approximate surface area is 218 Å². The number of likely N-dealkylation sites (tertiary alicyclic amines) is 1. The minimum atomic E-state index is -4.52. The van der Waals surface area contributed by atoms with Crippen LogP contribution in [0.3, 0.4) is 0 Å². The second-order valence-electron chi connectivity index (χ2n) is 9.92. The smallest absolute Gasteiger partial charge is 0.370 e. The molecule has 1 N–H and O–H groups in total. The molecule has 2 saturated heterocycles. The summed E-state index contributed by atoms with van der Waals surface area (Å²) in [5.41, 5.74) is -0.538. The van der Waals surface area contributed by atoms with E-state index in [0.717, 1.165) is 32.0 Å². The normalized spacial score (nSPS) is 19.1. The van der Waals surface area contributed by atoms with E-state index in [4.69, 9.17) is 0 Å². The van der Waals surface area contributed by atoms with Crippen LogP contribution in [0.1, 0.15) is 83.0 Å². The highest BCUT2D eigenvalue weighted by atomic mass is 19.4. The van der Waals surface area contributed by atoms with Gasteiger partial charge in [0.25, 0.3) is 0 Å². The van der Waals surface area contributed by atoms with E-state index in [-0.39, 0.29) is 18.9 Å². The lowest BCUT2D eigenvalue weighted by atomic mass is 9.81. The standard InChI is InChI=1S/C27H36F3N5O.CH4/c1-4-31-25-21(9-8-14-32-25)19(2)24-22(27(28,29)30)10-11-23(33-24)34-17-12-26(13-18-34,20(3)36)35-15-6-5-7-16-35;/h8-11,14,19H,4-7,12-13,15-18H2,1-3H3,(H,31,32);1H4. The number of aromatic nitrogens is 2. The van der Waals surface area contributed by atoms with Gasteiger partial charge < -0.3 is 10.2 Å². The predicted octanol–water partition coefficient (Wildman–Crippen LogP) is 6.13. The Bertz CT molecular complexity index is 1060. The number of carbonyl (C=O) groups is 1. The Balaban J connectivity index is 0.00000380. The van der Waals surface area contributed by atoms with Gasteiger partial charge in [-0.3, -0.25) is 9.69 Å². The number of halogens is 3. The van der Waals surface area contributed by atoms with Crippen molar-refractivity contribution in [3.63, 3.8) is 0 Å². The number of rotatable bonds is 7. The molecular formula is C28H40F3N5O. The Morgan fingerprint density at radius 3 is 2.38 bits per heavy atom. The number of nitrogens with zero attached hydrogens (tertiary/aromatic N) is 4. The van der Waals surface area contributed by atoms with Crippen molar-refractivity contribution in [2.75, 3.05) is 42.9 Å². The minimum Gasteiger partial charge on any atom is -0.370 e. The molecule has 0 spiro atoms. The number of nitrogens with one attached hydrogen (secondary N) is 1. The van der Waals surface area contributed by atoms with Crippen LogP contribution < -0.4 is 10.2 Å². The molecule has 0 saturated carbocycles. The van der Waals surface area contributed by atoms with Crippen molar-refractivity contribution in [1.82, 2.24) is 14.9 Å². The summed E-state index contributed by atoms with van der Waals surface area (Å²) in [5, 5.41) is 3.15. The second-order valence-corrected chi connectivity index (χ2v) is 9.92. The highest BCUT2D eigenvalue weighted by Crippen LogP contribution is 2.40. The maximum absolute atomic E-state index is 14.0. The highest BCUT2D eigenvalue weighted by Gasteiger charge is 2.44. The van der Waals surface area contributed by atoms with Gasteiger partial charge in [0.15, 0.2) is 0 Å². The van der Waals surface area contributed by atoms with E-state index in [9.17, 15) is 18.0 Å². The van der Waals surface area contributed by atoms with Crippen LogP contribution >= 0.6 is 0 Å². The fourth-order valence-electron chi connectivity index (χ4n) is 5.76. The average Bonchev–Trinajstić information content (AvgIpc) is 2.88. The summed E-state index contributed by atoms with van der Waals surface area (Å²) in [6.07, 6.45) is 1.81. The van der Waals surface area contributed by atoms with E-state index in [1.54, 1.807) is 32.2 Å². The molecule has 204 valence electrons. The molecule has 4 heterocycles. The molecule has 2 aromatic rings. The van der Waals surface area contributed by atoms with Gasteiger partial charge in [0.1, 0.15) is 17.4 Å².